The molecular formula is C17H13F2NO. The van der Waals surface area contributed by atoms with E-state index >= 15 is 0 Å². The maximum atomic E-state index is 13.8. The molecule has 0 radical (unpaired) electrons. The Bertz CT molecular complexity index is 819. The van der Waals surface area contributed by atoms with Gasteiger partial charge in [0.05, 0.1) is 11.2 Å². The number of benzene rings is 2. The number of aromatic amines is 1. The largest absolute Gasteiger partial charge is 0.351 e. The summed E-state index contributed by atoms with van der Waals surface area (Å²) in [5, 5.41) is 0.387. The molecule has 2 aromatic carbocycles. The standard InChI is InChI=1S/C17H13F2NO/c1-2-10-3-5-11(6-4-10)16-13(9-21)12-7-8-14(18)15(19)17(12)20-16/h3-9,20H,2H2,1H3. The van der Waals surface area contributed by atoms with Gasteiger partial charge in [-0.1, -0.05) is 31.2 Å². The van der Waals surface area contributed by atoms with Gasteiger partial charge in [0.2, 0.25) is 0 Å². The Hall–Kier alpha value is -2.49. The quantitative estimate of drug-likeness (QED) is 0.707. The van der Waals surface area contributed by atoms with Crippen LogP contribution in [0.1, 0.15) is 22.8 Å². The number of nitrogens with one attached hydrogen (secondary N) is 1. The lowest BCUT2D eigenvalue weighted by Gasteiger charge is -2.01. The monoisotopic (exact) mass is 285 g/mol. The summed E-state index contributed by atoms with van der Waals surface area (Å²) in [6, 6.07) is 10.1. The van der Waals surface area contributed by atoms with Crippen molar-refractivity contribution in [3.8, 4) is 11.3 Å². The summed E-state index contributed by atoms with van der Waals surface area (Å²) in [5.41, 5.74) is 2.80. The molecule has 21 heavy (non-hydrogen) atoms. The lowest BCUT2D eigenvalue weighted by Crippen LogP contribution is -1.86. The Morgan fingerprint density at radius 1 is 1.10 bits per heavy atom. The van der Waals surface area contributed by atoms with Crippen molar-refractivity contribution in [2.45, 2.75) is 13.3 Å². The van der Waals surface area contributed by atoms with Crippen LogP contribution in [0, 0.1) is 11.6 Å². The number of aryl methyl sites for hydroxylation is 1. The minimum atomic E-state index is -0.966. The molecule has 1 heterocycles. The molecule has 0 aliphatic rings. The van der Waals surface area contributed by atoms with Gasteiger partial charge in [0.1, 0.15) is 0 Å². The average molecular weight is 285 g/mol. The second-order valence-corrected chi connectivity index (χ2v) is 4.87. The molecule has 0 saturated heterocycles. The van der Waals surface area contributed by atoms with Crippen LogP contribution in [-0.4, -0.2) is 11.3 Å². The van der Waals surface area contributed by atoms with Crippen LogP contribution in [0.25, 0.3) is 22.2 Å². The molecule has 1 N–H and O–H groups in total. The van der Waals surface area contributed by atoms with E-state index in [4.69, 9.17) is 0 Å². The zero-order chi connectivity index (χ0) is 15.0. The number of aromatic nitrogens is 1. The summed E-state index contributed by atoms with van der Waals surface area (Å²) < 4.78 is 27.2. The maximum Gasteiger partial charge on any atom is 0.182 e. The Balaban J connectivity index is 2.26. The van der Waals surface area contributed by atoms with Crippen molar-refractivity contribution in [3.05, 3.63) is 59.2 Å². The van der Waals surface area contributed by atoms with Crippen LogP contribution in [0.15, 0.2) is 36.4 Å². The highest BCUT2D eigenvalue weighted by molar-refractivity contribution is 6.04. The third-order valence-electron chi connectivity index (χ3n) is 3.67. The van der Waals surface area contributed by atoms with E-state index in [1.165, 1.54) is 11.6 Å². The third kappa shape index (κ3) is 2.13. The van der Waals surface area contributed by atoms with Gasteiger partial charge in [0, 0.05) is 10.9 Å². The van der Waals surface area contributed by atoms with Gasteiger partial charge in [-0.25, -0.2) is 8.78 Å². The fourth-order valence-corrected chi connectivity index (χ4v) is 2.48. The molecule has 2 nitrogen and oxygen atoms in total. The van der Waals surface area contributed by atoms with Crippen molar-refractivity contribution in [1.82, 2.24) is 4.98 Å². The first kappa shape index (κ1) is 13.5. The van der Waals surface area contributed by atoms with E-state index in [0.29, 0.717) is 22.9 Å². The van der Waals surface area contributed by atoms with Crippen LogP contribution in [-0.2, 0) is 6.42 Å². The van der Waals surface area contributed by atoms with Crippen molar-refractivity contribution in [2.24, 2.45) is 0 Å². The molecular weight excluding hydrogens is 272 g/mol. The molecule has 0 unspecified atom stereocenters. The summed E-state index contributed by atoms with van der Waals surface area (Å²) in [6.07, 6.45) is 1.58. The number of halogens is 2. The van der Waals surface area contributed by atoms with Gasteiger partial charge in [-0.05, 0) is 29.7 Å². The van der Waals surface area contributed by atoms with Crippen molar-refractivity contribution in [1.29, 1.82) is 0 Å². The van der Waals surface area contributed by atoms with Crippen LogP contribution in [0.2, 0.25) is 0 Å². The molecule has 3 aromatic rings. The number of rotatable bonds is 3. The van der Waals surface area contributed by atoms with E-state index < -0.39 is 11.6 Å². The minimum absolute atomic E-state index is 0.0201. The Morgan fingerprint density at radius 3 is 2.43 bits per heavy atom. The SMILES string of the molecule is CCc1ccc(-c2[nH]c3c(F)c(F)ccc3c2C=O)cc1. The molecule has 0 spiro atoms. The van der Waals surface area contributed by atoms with E-state index in [1.807, 2.05) is 31.2 Å². The predicted molar refractivity (Wildman–Crippen MR) is 78.4 cm³/mol. The molecule has 0 fully saturated rings. The van der Waals surface area contributed by atoms with E-state index in [2.05, 4.69) is 4.98 Å². The molecule has 0 aliphatic heterocycles. The highest BCUT2D eigenvalue weighted by Crippen LogP contribution is 2.31. The van der Waals surface area contributed by atoms with Gasteiger partial charge in [-0.3, -0.25) is 4.79 Å². The first-order valence-corrected chi connectivity index (χ1v) is 6.70. The average Bonchev–Trinajstić information content (AvgIpc) is 2.90. The van der Waals surface area contributed by atoms with Gasteiger partial charge < -0.3 is 4.98 Å². The lowest BCUT2D eigenvalue weighted by atomic mass is 10.0. The van der Waals surface area contributed by atoms with Crippen molar-refractivity contribution < 1.29 is 13.6 Å². The van der Waals surface area contributed by atoms with Crippen molar-refractivity contribution in [2.75, 3.05) is 0 Å². The van der Waals surface area contributed by atoms with E-state index in [-0.39, 0.29) is 5.52 Å². The first-order chi connectivity index (χ1) is 10.2. The molecule has 4 heteroatoms. The zero-order valence-corrected chi connectivity index (χ0v) is 11.4. The fourth-order valence-electron chi connectivity index (χ4n) is 2.48. The number of H-pyrrole nitrogens is 1. The molecule has 1 aromatic heterocycles. The van der Waals surface area contributed by atoms with Gasteiger partial charge in [-0.15, -0.1) is 0 Å². The van der Waals surface area contributed by atoms with E-state index in [1.54, 1.807) is 0 Å². The number of hydrogen-bond donors (Lipinski definition) is 1. The number of carbonyl (C=O) groups excluding carboxylic acids is 1. The van der Waals surface area contributed by atoms with Crippen LogP contribution < -0.4 is 0 Å². The smallest absolute Gasteiger partial charge is 0.182 e. The van der Waals surface area contributed by atoms with Crippen LogP contribution in [0.5, 0.6) is 0 Å². The highest BCUT2D eigenvalue weighted by Gasteiger charge is 2.17. The summed E-state index contributed by atoms with van der Waals surface area (Å²) in [5.74, 6) is -1.90. The van der Waals surface area contributed by atoms with Gasteiger partial charge in [0.25, 0.3) is 0 Å². The summed E-state index contributed by atoms with van der Waals surface area (Å²) in [6.45, 7) is 2.05. The van der Waals surface area contributed by atoms with Crippen LogP contribution in [0.3, 0.4) is 0 Å². The molecule has 106 valence electrons. The maximum absolute atomic E-state index is 13.8. The van der Waals surface area contributed by atoms with E-state index in [9.17, 15) is 13.6 Å². The molecule has 0 bridgehead atoms. The van der Waals surface area contributed by atoms with Crippen LogP contribution >= 0.6 is 0 Å². The summed E-state index contributed by atoms with van der Waals surface area (Å²) in [7, 11) is 0. The molecule has 0 amide bonds. The van der Waals surface area contributed by atoms with Crippen molar-refractivity contribution >= 4 is 17.2 Å². The minimum Gasteiger partial charge on any atom is -0.351 e. The number of aldehydes is 1. The topological polar surface area (TPSA) is 32.9 Å². The normalized spacial score (nSPS) is 11.0. The molecule has 0 atom stereocenters. The number of carbonyl (C=O) groups is 1. The Labute approximate surface area is 120 Å². The number of hydrogen-bond acceptors (Lipinski definition) is 1. The Morgan fingerprint density at radius 2 is 1.81 bits per heavy atom. The van der Waals surface area contributed by atoms with Gasteiger partial charge >= 0.3 is 0 Å². The molecule has 0 saturated carbocycles. The second kappa shape index (κ2) is 5.13. The summed E-state index contributed by atoms with van der Waals surface area (Å²) >= 11 is 0. The zero-order valence-electron chi connectivity index (χ0n) is 11.4. The van der Waals surface area contributed by atoms with E-state index in [0.717, 1.165) is 18.1 Å². The van der Waals surface area contributed by atoms with Gasteiger partial charge in [-0.2, -0.15) is 0 Å². The third-order valence-corrected chi connectivity index (χ3v) is 3.67. The predicted octanol–water partition coefficient (Wildman–Crippen LogP) is 4.49. The second-order valence-electron chi connectivity index (χ2n) is 4.87. The van der Waals surface area contributed by atoms with Crippen LogP contribution in [0.4, 0.5) is 8.78 Å². The summed E-state index contributed by atoms with van der Waals surface area (Å²) in [4.78, 5) is 14.2. The lowest BCUT2D eigenvalue weighted by molar-refractivity contribution is 0.112. The fraction of sp³-hybridized carbons (Fsp3) is 0.118. The first-order valence-electron chi connectivity index (χ1n) is 6.70. The number of fused-ring (bicyclic) bond motifs is 1. The van der Waals surface area contributed by atoms with Crippen molar-refractivity contribution in [3.63, 3.8) is 0 Å². The van der Waals surface area contributed by atoms with Gasteiger partial charge in [0.15, 0.2) is 17.9 Å². The highest BCUT2D eigenvalue weighted by atomic mass is 19.2. The Kier molecular flexibility index (Phi) is 3.29. The molecule has 3 rings (SSSR count). The molecule has 0 aliphatic carbocycles.